The predicted octanol–water partition coefficient (Wildman–Crippen LogP) is 2.43. The molecule has 2 atom stereocenters. The first-order valence-electron chi connectivity index (χ1n) is 7.64. The Bertz CT molecular complexity index is 251. The highest BCUT2D eigenvalue weighted by atomic mass is 16.5. The number of likely N-dealkylation sites (N-methyl/N-ethyl adjacent to an activating group) is 1. The Morgan fingerprint density at radius 3 is 2.67 bits per heavy atom. The summed E-state index contributed by atoms with van der Waals surface area (Å²) < 4.78 is 5.47. The maximum Gasteiger partial charge on any atom is 0.0593 e. The van der Waals surface area contributed by atoms with E-state index in [1.54, 1.807) is 0 Å². The average Bonchev–Trinajstić information content (AvgIpc) is 2.82. The van der Waals surface area contributed by atoms with Crippen molar-refractivity contribution >= 4 is 0 Å². The average molecular weight is 255 g/mol. The molecule has 0 bridgehead atoms. The molecular formula is C15H29NO2. The normalized spacial score (nSPS) is 31.3. The van der Waals surface area contributed by atoms with Crippen molar-refractivity contribution < 1.29 is 9.84 Å². The zero-order valence-corrected chi connectivity index (χ0v) is 12.0. The Morgan fingerprint density at radius 2 is 2.00 bits per heavy atom. The lowest BCUT2D eigenvalue weighted by molar-refractivity contribution is -0.0248. The fraction of sp³-hybridized carbons (Fsp3) is 1.00. The van der Waals surface area contributed by atoms with Crippen LogP contribution in [-0.4, -0.2) is 49.0 Å². The van der Waals surface area contributed by atoms with Crippen LogP contribution in [0.25, 0.3) is 0 Å². The van der Waals surface area contributed by atoms with E-state index in [4.69, 9.17) is 4.74 Å². The van der Waals surface area contributed by atoms with E-state index < -0.39 is 0 Å². The number of ether oxygens (including phenoxy) is 1. The van der Waals surface area contributed by atoms with Gasteiger partial charge >= 0.3 is 0 Å². The second-order valence-corrected chi connectivity index (χ2v) is 6.19. The monoisotopic (exact) mass is 255 g/mol. The van der Waals surface area contributed by atoms with E-state index in [0.717, 1.165) is 32.6 Å². The lowest BCUT2D eigenvalue weighted by Crippen LogP contribution is -2.51. The van der Waals surface area contributed by atoms with Crippen molar-refractivity contribution in [1.29, 1.82) is 0 Å². The maximum absolute atomic E-state index is 9.99. The van der Waals surface area contributed by atoms with Gasteiger partial charge in [0.05, 0.1) is 12.7 Å². The minimum absolute atomic E-state index is 0.0873. The van der Waals surface area contributed by atoms with Crippen molar-refractivity contribution in [2.24, 2.45) is 5.41 Å². The first kappa shape index (κ1) is 14.3. The van der Waals surface area contributed by atoms with Gasteiger partial charge in [-0.2, -0.15) is 0 Å². The van der Waals surface area contributed by atoms with E-state index in [1.807, 2.05) is 6.92 Å². The van der Waals surface area contributed by atoms with Crippen LogP contribution in [0.3, 0.4) is 0 Å². The SMILES string of the molecule is CCOCCN(C)C1CC(O)CCC12CCCC2. The number of hydrogen-bond donors (Lipinski definition) is 1. The van der Waals surface area contributed by atoms with E-state index in [2.05, 4.69) is 11.9 Å². The number of rotatable bonds is 5. The largest absolute Gasteiger partial charge is 0.393 e. The molecule has 2 rings (SSSR count). The minimum atomic E-state index is -0.0873. The molecule has 1 N–H and O–H groups in total. The van der Waals surface area contributed by atoms with Gasteiger partial charge < -0.3 is 14.7 Å². The van der Waals surface area contributed by atoms with Crippen LogP contribution in [0.15, 0.2) is 0 Å². The summed E-state index contributed by atoms with van der Waals surface area (Å²) >= 11 is 0. The van der Waals surface area contributed by atoms with Crippen LogP contribution in [0.5, 0.6) is 0 Å². The van der Waals surface area contributed by atoms with Gasteiger partial charge in [0, 0.05) is 19.2 Å². The van der Waals surface area contributed by atoms with Crippen molar-refractivity contribution in [1.82, 2.24) is 4.90 Å². The van der Waals surface area contributed by atoms with E-state index in [0.29, 0.717) is 11.5 Å². The molecular weight excluding hydrogens is 226 g/mol. The summed E-state index contributed by atoms with van der Waals surface area (Å²) in [5.74, 6) is 0. The molecule has 18 heavy (non-hydrogen) atoms. The summed E-state index contributed by atoms with van der Waals surface area (Å²) in [7, 11) is 2.21. The van der Waals surface area contributed by atoms with Crippen LogP contribution in [-0.2, 0) is 4.74 Å². The van der Waals surface area contributed by atoms with Gasteiger partial charge in [-0.05, 0) is 51.5 Å². The zero-order chi connectivity index (χ0) is 13.0. The molecule has 0 aromatic heterocycles. The molecule has 0 aromatic rings. The van der Waals surface area contributed by atoms with Crippen molar-refractivity contribution in [3.05, 3.63) is 0 Å². The Balaban J connectivity index is 1.96. The van der Waals surface area contributed by atoms with Crippen LogP contribution in [0.4, 0.5) is 0 Å². The van der Waals surface area contributed by atoms with Crippen molar-refractivity contribution in [2.75, 3.05) is 26.8 Å². The first-order valence-corrected chi connectivity index (χ1v) is 7.64. The first-order chi connectivity index (χ1) is 8.68. The van der Waals surface area contributed by atoms with Gasteiger partial charge in [-0.1, -0.05) is 12.8 Å². The molecule has 0 amide bonds. The summed E-state index contributed by atoms with van der Waals surface area (Å²) in [6, 6.07) is 0.559. The summed E-state index contributed by atoms with van der Waals surface area (Å²) in [4.78, 5) is 2.45. The molecule has 3 heteroatoms. The third kappa shape index (κ3) is 3.06. The number of nitrogens with zero attached hydrogens (tertiary/aromatic N) is 1. The molecule has 0 radical (unpaired) electrons. The molecule has 2 aliphatic carbocycles. The van der Waals surface area contributed by atoms with Crippen LogP contribution in [0, 0.1) is 5.41 Å². The van der Waals surface area contributed by atoms with Crippen LogP contribution in [0.1, 0.15) is 51.9 Å². The molecule has 3 nitrogen and oxygen atoms in total. The van der Waals surface area contributed by atoms with E-state index in [-0.39, 0.29) is 6.10 Å². The summed E-state index contributed by atoms with van der Waals surface area (Å²) in [5, 5.41) is 9.99. The topological polar surface area (TPSA) is 32.7 Å². The van der Waals surface area contributed by atoms with Crippen molar-refractivity contribution in [3.8, 4) is 0 Å². The molecule has 2 aliphatic rings. The van der Waals surface area contributed by atoms with E-state index >= 15 is 0 Å². The fourth-order valence-electron chi connectivity index (χ4n) is 4.06. The van der Waals surface area contributed by atoms with E-state index in [1.165, 1.54) is 32.1 Å². The highest BCUT2D eigenvalue weighted by Crippen LogP contribution is 2.50. The molecule has 0 saturated heterocycles. The lowest BCUT2D eigenvalue weighted by Gasteiger charge is -2.47. The van der Waals surface area contributed by atoms with Crippen molar-refractivity contribution in [2.45, 2.75) is 64.0 Å². The second kappa shape index (κ2) is 6.36. The standard InChI is InChI=1S/C15H29NO2/c1-3-18-11-10-16(2)14-12-13(17)6-9-15(14)7-4-5-8-15/h13-14,17H,3-12H2,1-2H3. The Hall–Kier alpha value is -0.120. The van der Waals surface area contributed by atoms with Crippen LogP contribution >= 0.6 is 0 Å². The third-order valence-electron chi connectivity index (χ3n) is 5.10. The van der Waals surface area contributed by atoms with Gasteiger partial charge in [-0.3, -0.25) is 0 Å². The summed E-state index contributed by atoms with van der Waals surface area (Å²) in [5.41, 5.74) is 0.500. The fourth-order valence-corrected chi connectivity index (χ4v) is 4.06. The smallest absolute Gasteiger partial charge is 0.0593 e. The maximum atomic E-state index is 9.99. The Kier molecular flexibility index (Phi) is 5.05. The molecule has 106 valence electrons. The molecule has 2 saturated carbocycles. The van der Waals surface area contributed by atoms with Crippen LogP contribution in [0.2, 0.25) is 0 Å². The van der Waals surface area contributed by atoms with E-state index in [9.17, 15) is 5.11 Å². The second-order valence-electron chi connectivity index (χ2n) is 6.19. The van der Waals surface area contributed by atoms with Gasteiger partial charge in [0.15, 0.2) is 0 Å². The molecule has 0 aliphatic heterocycles. The van der Waals surface area contributed by atoms with Gasteiger partial charge in [0.25, 0.3) is 0 Å². The molecule has 2 unspecified atom stereocenters. The highest BCUT2D eigenvalue weighted by Gasteiger charge is 2.46. The summed E-state index contributed by atoms with van der Waals surface area (Å²) in [6.45, 7) is 4.65. The van der Waals surface area contributed by atoms with Gasteiger partial charge in [0.2, 0.25) is 0 Å². The summed E-state index contributed by atoms with van der Waals surface area (Å²) in [6.07, 6.45) is 8.59. The quantitative estimate of drug-likeness (QED) is 0.766. The Morgan fingerprint density at radius 1 is 1.28 bits per heavy atom. The zero-order valence-electron chi connectivity index (χ0n) is 12.0. The third-order valence-corrected chi connectivity index (χ3v) is 5.10. The number of aliphatic hydroxyl groups is 1. The van der Waals surface area contributed by atoms with Crippen molar-refractivity contribution in [3.63, 3.8) is 0 Å². The lowest BCUT2D eigenvalue weighted by atomic mass is 9.67. The minimum Gasteiger partial charge on any atom is -0.393 e. The van der Waals surface area contributed by atoms with Crippen LogP contribution < -0.4 is 0 Å². The predicted molar refractivity (Wildman–Crippen MR) is 73.7 cm³/mol. The molecule has 0 aromatic carbocycles. The molecule has 0 heterocycles. The highest BCUT2D eigenvalue weighted by molar-refractivity contribution is 4.99. The van der Waals surface area contributed by atoms with Gasteiger partial charge in [-0.25, -0.2) is 0 Å². The van der Waals surface area contributed by atoms with Gasteiger partial charge in [0.1, 0.15) is 0 Å². The Labute approximate surface area is 112 Å². The number of hydrogen-bond acceptors (Lipinski definition) is 3. The number of aliphatic hydroxyl groups excluding tert-OH is 1. The van der Waals surface area contributed by atoms with Gasteiger partial charge in [-0.15, -0.1) is 0 Å². The molecule has 1 spiro atoms. The molecule has 2 fully saturated rings.